The molecular formula is C17H18ClFN2O3S. The third-order valence-electron chi connectivity index (χ3n) is 3.56. The summed E-state index contributed by atoms with van der Waals surface area (Å²) >= 11 is 5.71. The van der Waals surface area contributed by atoms with Gasteiger partial charge in [0.15, 0.2) is 0 Å². The number of halogens is 2. The molecule has 0 bridgehead atoms. The van der Waals surface area contributed by atoms with E-state index in [1.165, 1.54) is 12.1 Å². The van der Waals surface area contributed by atoms with E-state index in [1.807, 2.05) is 30.3 Å². The van der Waals surface area contributed by atoms with Gasteiger partial charge in [0.25, 0.3) is 0 Å². The van der Waals surface area contributed by atoms with Crippen molar-refractivity contribution in [3.63, 3.8) is 0 Å². The summed E-state index contributed by atoms with van der Waals surface area (Å²) in [6.45, 7) is 1.37. The molecule has 0 aliphatic heterocycles. The lowest BCUT2D eigenvalue weighted by atomic mass is 10.1. The second kappa shape index (κ2) is 7.84. The lowest BCUT2D eigenvalue weighted by molar-refractivity contribution is -0.120. The Labute approximate surface area is 151 Å². The lowest BCUT2D eigenvalue weighted by Crippen LogP contribution is -2.41. The van der Waals surface area contributed by atoms with Crippen LogP contribution in [0.4, 0.5) is 10.1 Å². The fraction of sp³-hybridized carbons (Fsp3) is 0.235. The van der Waals surface area contributed by atoms with E-state index < -0.39 is 28.3 Å². The Balaban J connectivity index is 2.17. The van der Waals surface area contributed by atoms with Gasteiger partial charge in [-0.3, -0.25) is 9.10 Å². The van der Waals surface area contributed by atoms with E-state index in [4.69, 9.17) is 11.6 Å². The van der Waals surface area contributed by atoms with Crippen LogP contribution >= 0.6 is 11.6 Å². The molecule has 5 nitrogen and oxygen atoms in total. The minimum Gasteiger partial charge on any atom is -0.348 e. The topological polar surface area (TPSA) is 66.5 Å². The molecule has 2 aromatic carbocycles. The molecule has 0 radical (unpaired) electrons. The molecule has 1 amide bonds. The molecule has 0 heterocycles. The fourth-order valence-corrected chi connectivity index (χ4v) is 3.31. The van der Waals surface area contributed by atoms with Crippen LogP contribution in [0.2, 0.25) is 5.02 Å². The minimum absolute atomic E-state index is 0.122. The van der Waals surface area contributed by atoms with Crippen LogP contribution in [0.5, 0.6) is 0 Å². The van der Waals surface area contributed by atoms with Crippen LogP contribution in [0.3, 0.4) is 0 Å². The Kier molecular flexibility index (Phi) is 6.02. The first-order chi connectivity index (χ1) is 11.7. The first-order valence-electron chi connectivity index (χ1n) is 7.45. The van der Waals surface area contributed by atoms with Crippen LogP contribution in [0.15, 0.2) is 48.5 Å². The summed E-state index contributed by atoms with van der Waals surface area (Å²) in [6.07, 6.45) is 0.970. The van der Waals surface area contributed by atoms with Crippen molar-refractivity contribution < 1.29 is 17.6 Å². The van der Waals surface area contributed by atoms with Gasteiger partial charge in [0.2, 0.25) is 15.9 Å². The first-order valence-corrected chi connectivity index (χ1v) is 9.68. The van der Waals surface area contributed by atoms with Crippen LogP contribution in [0.25, 0.3) is 0 Å². The van der Waals surface area contributed by atoms with Crippen LogP contribution in [0, 0.1) is 5.82 Å². The van der Waals surface area contributed by atoms with Gasteiger partial charge >= 0.3 is 0 Å². The van der Waals surface area contributed by atoms with Gasteiger partial charge in [-0.15, -0.1) is 0 Å². The van der Waals surface area contributed by atoms with Crippen LogP contribution in [-0.4, -0.2) is 27.1 Å². The molecule has 0 unspecified atom stereocenters. The third kappa shape index (κ3) is 5.17. The quantitative estimate of drug-likeness (QED) is 0.832. The molecule has 0 aliphatic rings. The fourth-order valence-electron chi connectivity index (χ4n) is 2.28. The number of hydrogen-bond donors (Lipinski definition) is 1. The lowest BCUT2D eigenvalue weighted by Gasteiger charge is -2.23. The molecule has 2 aromatic rings. The molecule has 8 heteroatoms. The maximum absolute atomic E-state index is 13.3. The highest BCUT2D eigenvalue weighted by atomic mass is 35.5. The predicted octanol–water partition coefficient (Wildman–Crippen LogP) is 3.12. The van der Waals surface area contributed by atoms with Crippen molar-refractivity contribution in [2.24, 2.45) is 0 Å². The number of nitrogens with zero attached hydrogens (tertiary/aromatic N) is 1. The van der Waals surface area contributed by atoms with Crippen LogP contribution in [0.1, 0.15) is 18.5 Å². The standard InChI is InChI=1S/C17H18ClFN2O3S/c1-12(13-6-4-3-5-7-13)20-17(22)11-21(25(2,23)24)14-8-9-16(19)15(18)10-14/h3-10,12H,11H2,1-2H3,(H,20,22)/t12-/m1/s1. The van der Waals surface area contributed by atoms with Crippen molar-refractivity contribution >= 4 is 33.2 Å². The number of anilines is 1. The van der Waals surface area contributed by atoms with E-state index in [9.17, 15) is 17.6 Å². The zero-order valence-electron chi connectivity index (χ0n) is 13.7. The van der Waals surface area contributed by atoms with Gasteiger partial charge in [-0.1, -0.05) is 41.9 Å². The van der Waals surface area contributed by atoms with Crippen molar-refractivity contribution in [1.82, 2.24) is 5.32 Å². The molecule has 2 rings (SSSR count). The van der Waals surface area contributed by atoms with Crippen molar-refractivity contribution in [3.8, 4) is 0 Å². The van der Waals surface area contributed by atoms with Crippen molar-refractivity contribution in [2.45, 2.75) is 13.0 Å². The highest BCUT2D eigenvalue weighted by Gasteiger charge is 2.22. The summed E-state index contributed by atoms with van der Waals surface area (Å²) in [5.41, 5.74) is 1.02. The molecule has 0 aliphatic carbocycles. The summed E-state index contributed by atoms with van der Waals surface area (Å²) < 4.78 is 38.2. The maximum Gasteiger partial charge on any atom is 0.241 e. The highest BCUT2D eigenvalue weighted by Crippen LogP contribution is 2.24. The average molecular weight is 385 g/mol. The molecule has 1 atom stereocenters. The van der Waals surface area contributed by atoms with Gasteiger partial charge in [-0.25, -0.2) is 12.8 Å². The number of sulfonamides is 1. The zero-order chi connectivity index (χ0) is 18.6. The normalized spacial score (nSPS) is 12.5. The second-order valence-electron chi connectivity index (χ2n) is 5.57. The average Bonchev–Trinajstić information content (AvgIpc) is 2.55. The summed E-state index contributed by atoms with van der Waals surface area (Å²) in [6, 6.07) is 12.5. The van der Waals surface area contributed by atoms with E-state index in [0.29, 0.717) is 0 Å². The summed E-state index contributed by atoms with van der Waals surface area (Å²) in [4.78, 5) is 12.3. The number of carbonyl (C=O) groups excluding carboxylic acids is 1. The Bertz CT molecular complexity index is 859. The van der Waals surface area contributed by atoms with Crippen molar-refractivity contribution in [2.75, 3.05) is 17.1 Å². The van der Waals surface area contributed by atoms with Crippen molar-refractivity contribution in [3.05, 3.63) is 64.9 Å². The Morgan fingerprint density at radius 1 is 1.24 bits per heavy atom. The monoisotopic (exact) mass is 384 g/mol. The third-order valence-corrected chi connectivity index (χ3v) is 4.99. The van der Waals surface area contributed by atoms with Gasteiger partial charge in [0.05, 0.1) is 23.0 Å². The van der Waals surface area contributed by atoms with Gasteiger partial charge in [-0.2, -0.15) is 0 Å². The smallest absolute Gasteiger partial charge is 0.241 e. The second-order valence-corrected chi connectivity index (χ2v) is 7.88. The molecule has 0 spiro atoms. The van der Waals surface area contributed by atoms with E-state index in [2.05, 4.69) is 5.32 Å². The van der Waals surface area contributed by atoms with Gasteiger partial charge in [-0.05, 0) is 30.7 Å². The van der Waals surface area contributed by atoms with E-state index in [-0.39, 0.29) is 16.8 Å². The SMILES string of the molecule is C[C@@H](NC(=O)CN(c1ccc(F)c(Cl)c1)S(C)(=O)=O)c1ccccc1. The van der Waals surface area contributed by atoms with Gasteiger partial charge in [0.1, 0.15) is 12.4 Å². The molecule has 25 heavy (non-hydrogen) atoms. The molecule has 0 fully saturated rings. The zero-order valence-corrected chi connectivity index (χ0v) is 15.3. The highest BCUT2D eigenvalue weighted by molar-refractivity contribution is 7.92. The van der Waals surface area contributed by atoms with Gasteiger partial charge < -0.3 is 5.32 Å². The summed E-state index contributed by atoms with van der Waals surface area (Å²) in [7, 11) is -3.75. The first kappa shape index (κ1) is 19.2. The Morgan fingerprint density at radius 2 is 1.88 bits per heavy atom. The number of amides is 1. The molecular weight excluding hydrogens is 367 g/mol. The van der Waals surface area contributed by atoms with Crippen molar-refractivity contribution in [1.29, 1.82) is 0 Å². The number of benzene rings is 2. The van der Waals surface area contributed by atoms with E-state index in [0.717, 1.165) is 22.2 Å². The van der Waals surface area contributed by atoms with E-state index >= 15 is 0 Å². The maximum atomic E-state index is 13.3. The van der Waals surface area contributed by atoms with Crippen LogP contribution in [-0.2, 0) is 14.8 Å². The van der Waals surface area contributed by atoms with Crippen LogP contribution < -0.4 is 9.62 Å². The largest absolute Gasteiger partial charge is 0.348 e. The molecule has 1 N–H and O–H groups in total. The Morgan fingerprint density at radius 3 is 2.44 bits per heavy atom. The minimum atomic E-state index is -3.75. The Hall–Kier alpha value is -2.12. The summed E-state index contributed by atoms with van der Waals surface area (Å²) in [5.74, 6) is -1.15. The number of carbonyl (C=O) groups is 1. The number of hydrogen-bond acceptors (Lipinski definition) is 3. The molecule has 0 saturated carbocycles. The van der Waals surface area contributed by atoms with Gasteiger partial charge in [0, 0.05) is 0 Å². The van der Waals surface area contributed by atoms with E-state index in [1.54, 1.807) is 6.92 Å². The number of rotatable bonds is 6. The molecule has 0 aromatic heterocycles. The summed E-state index contributed by atoms with van der Waals surface area (Å²) in [5, 5.41) is 2.52. The predicted molar refractivity (Wildman–Crippen MR) is 96.6 cm³/mol. The molecule has 134 valence electrons. The molecule has 0 saturated heterocycles. The number of nitrogens with one attached hydrogen (secondary N) is 1.